The van der Waals surface area contributed by atoms with Crippen LogP contribution in [0.3, 0.4) is 0 Å². The number of ether oxygens (including phenoxy) is 1. The van der Waals surface area contributed by atoms with Crippen LogP contribution in [0.4, 0.5) is 5.69 Å². The quantitative estimate of drug-likeness (QED) is 0.519. The Labute approximate surface area is 192 Å². The lowest BCUT2D eigenvalue weighted by molar-refractivity contribution is 0.0470. The summed E-state index contributed by atoms with van der Waals surface area (Å²) in [4.78, 5) is 6.77. The van der Waals surface area contributed by atoms with Crippen molar-refractivity contribution in [3.05, 3.63) is 53.0 Å². The number of fused-ring (bicyclic) bond motifs is 1. The van der Waals surface area contributed by atoms with Crippen LogP contribution in [0.2, 0.25) is 0 Å². The number of aryl methyl sites for hydroxylation is 2. The number of anilines is 1. The Bertz CT molecular complexity index is 1030. The highest BCUT2D eigenvalue weighted by Gasteiger charge is 2.23. The molecule has 1 saturated heterocycles. The number of piperazine rings is 1. The maximum atomic E-state index is 10.5. The normalized spacial score (nSPS) is 16.4. The molecule has 0 spiro atoms. The van der Waals surface area contributed by atoms with Crippen LogP contribution in [-0.2, 0) is 0 Å². The fourth-order valence-electron chi connectivity index (χ4n) is 3.89. The lowest BCUT2D eigenvalue weighted by Gasteiger charge is -2.41. The lowest BCUT2D eigenvalue weighted by atomic mass is 10.2. The highest BCUT2D eigenvalue weighted by molar-refractivity contribution is 7.79. The molecular formula is C23H28N4O2S2. The van der Waals surface area contributed by atoms with Crippen molar-refractivity contribution in [3.8, 4) is 5.75 Å². The number of thiazole rings is 1. The van der Waals surface area contributed by atoms with Gasteiger partial charge in [-0.3, -0.25) is 9.91 Å². The molecule has 1 aliphatic rings. The summed E-state index contributed by atoms with van der Waals surface area (Å²) in [6.45, 7) is 8.41. The van der Waals surface area contributed by atoms with E-state index in [-0.39, 0.29) is 6.61 Å². The van der Waals surface area contributed by atoms with E-state index in [9.17, 15) is 5.11 Å². The van der Waals surface area contributed by atoms with Gasteiger partial charge in [0.15, 0.2) is 0 Å². The Kier molecular flexibility index (Phi) is 7.14. The number of aliphatic hydroxyl groups is 1. The molecule has 1 aliphatic heterocycles. The summed E-state index contributed by atoms with van der Waals surface area (Å²) in [5.41, 5.74) is 4.97. The van der Waals surface area contributed by atoms with Gasteiger partial charge in [-0.2, -0.15) is 0 Å². The fourth-order valence-corrected chi connectivity index (χ4v) is 4.94. The molecule has 164 valence electrons. The first kappa shape index (κ1) is 22.1. The summed E-state index contributed by atoms with van der Waals surface area (Å²) in [6.07, 6.45) is -0.544. The SMILES string of the molecule is Cc1nc2cc(OC[C@H](O)CN3CCN(N(C=S)c4ccccc4C)CC3)ccc2s1. The van der Waals surface area contributed by atoms with Gasteiger partial charge in [0.05, 0.1) is 26.4 Å². The third-order valence-corrected chi connectivity index (χ3v) is 6.64. The Morgan fingerprint density at radius 1 is 1.19 bits per heavy atom. The summed E-state index contributed by atoms with van der Waals surface area (Å²) < 4.78 is 6.98. The van der Waals surface area contributed by atoms with E-state index in [1.165, 1.54) is 5.56 Å². The minimum atomic E-state index is -0.544. The number of aliphatic hydroxyl groups excluding tert-OH is 1. The summed E-state index contributed by atoms with van der Waals surface area (Å²) in [5.74, 6) is 0.747. The zero-order chi connectivity index (χ0) is 21.8. The second kappa shape index (κ2) is 10.0. The van der Waals surface area contributed by atoms with Crippen LogP contribution in [0.1, 0.15) is 10.6 Å². The van der Waals surface area contributed by atoms with E-state index in [1.54, 1.807) is 16.8 Å². The van der Waals surface area contributed by atoms with Crippen molar-refractivity contribution >= 4 is 45.0 Å². The van der Waals surface area contributed by atoms with Gasteiger partial charge in [-0.1, -0.05) is 30.4 Å². The Morgan fingerprint density at radius 3 is 2.71 bits per heavy atom. The molecule has 1 atom stereocenters. The average Bonchev–Trinajstić information content (AvgIpc) is 3.14. The van der Waals surface area contributed by atoms with Gasteiger partial charge in [-0.15, -0.1) is 11.3 Å². The smallest absolute Gasteiger partial charge is 0.121 e. The van der Waals surface area contributed by atoms with E-state index in [2.05, 4.69) is 39.0 Å². The van der Waals surface area contributed by atoms with Gasteiger partial charge in [0.2, 0.25) is 0 Å². The molecule has 1 N–H and O–H groups in total. The van der Waals surface area contributed by atoms with Crippen LogP contribution < -0.4 is 9.75 Å². The number of para-hydroxylation sites is 1. The monoisotopic (exact) mass is 456 g/mol. The van der Waals surface area contributed by atoms with Crippen molar-refractivity contribution in [1.82, 2.24) is 14.9 Å². The average molecular weight is 457 g/mol. The highest BCUT2D eigenvalue weighted by Crippen LogP contribution is 2.26. The first-order valence-electron chi connectivity index (χ1n) is 10.5. The van der Waals surface area contributed by atoms with E-state index < -0.39 is 6.10 Å². The van der Waals surface area contributed by atoms with Crippen molar-refractivity contribution in [1.29, 1.82) is 0 Å². The number of hydrogen-bond donors (Lipinski definition) is 1. The van der Waals surface area contributed by atoms with Crippen molar-refractivity contribution < 1.29 is 9.84 Å². The molecule has 1 fully saturated rings. The van der Waals surface area contributed by atoms with Crippen LogP contribution in [0.5, 0.6) is 5.75 Å². The lowest BCUT2D eigenvalue weighted by Crippen LogP contribution is -2.55. The van der Waals surface area contributed by atoms with Crippen molar-refractivity contribution in [2.24, 2.45) is 0 Å². The van der Waals surface area contributed by atoms with Gasteiger partial charge >= 0.3 is 0 Å². The minimum Gasteiger partial charge on any atom is -0.491 e. The molecule has 2 aromatic carbocycles. The third kappa shape index (κ3) is 5.39. The summed E-state index contributed by atoms with van der Waals surface area (Å²) >= 11 is 6.96. The minimum absolute atomic E-state index is 0.268. The molecule has 4 rings (SSSR count). The van der Waals surface area contributed by atoms with E-state index in [1.807, 2.05) is 37.3 Å². The van der Waals surface area contributed by atoms with Gasteiger partial charge < -0.3 is 9.84 Å². The summed E-state index contributed by atoms with van der Waals surface area (Å²) in [7, 11) is 0. The van der Waals surface area contributed by atoms with E-state index in [0.717, 1.165) is 52.8 Å². The fraction of sp³-hybridized carbons (Fsp3) is 0.391. The van der Waals surface area contributed by atoms with Crippen molar-refractivity contribution in [2.75, 3.05) is 44.3 Å². The number of benzene rings is 2. The van der Waals surface area contributed by atoms with E-state index in [0.29, 0.717) is 6.54 Å². The second-order valence-corrected chi connectivity index (χ2v) is 9.26. The molecule has 1 aromatic heterocycles. The number of thiocarbonyl (C=S) groups is 1. The van der Waals surface area contributed by atoms with Gasteiger partial charge in [-0.05, 0) is 37.6 Å². The zero-order valence-electron chi connectivity index (χ0n) is 17.9. The van der Waals surface area contributed by atoms with Crippen molar-refractivity contribution in [3.63, 3.8) is 0 Å². The molecular weight excluding hydrogens is 428 g/mol. The molecule has 3 aromatic rings. The standard InChI is InChI=1S/C23H28N4O2S2/c1-17-5-3-4-6-22(17)27(16-30)26-11-9-25(10-12-26)14-19(28)15-29-20-7-8-23-21(13-20)24-18(2)31-23/h3-8,13,16,19,28H,9-12,14-15H2,1-2H3/t19-/m1/s1. The van der Waals surface area contributed by atoms with Gasteiger partial charge in [0.1, 0.15) is 18.5 Å². The van der Waals surface area contributed by atoms with E-state index in [4.69, 9.17) is 17.0 Å². The van der Waals surface area contributed by atoms with Gasteiger partial charge in [0.25, 0.3) is 0 Å². The molecule has 0 unspecified atom stereocenters. The molecule has 0 radical (unpaired) electrons. The molecule has 8 heteroatoms. The van der Waals surface area contributed by atoms with Gasteiger partial charge in [0, 0.05) is 38.8 Å². The second-order valence-electron chi connectivity index (χ2n) is 7.82. The summed E-state index contributed by atoms with van der Waals surface area (Å²) in [6, 6.07) is 14.2. The van der Waals surface area contributed by atoms with Crippen molar-refractivity contribution in [2.45, 2.75) is 20.0 Å². The van der Waals surface area contributed by atoms with Crippen LogP contribution in [0, 0.1) is 13.8 Å². The molecule has 0 amide bonds. The topological polar surface area (TPSA) is 52.1 Å². The third-order valence-electron chi connectivity index (χ3n) is 5.49. The van der Waals surface area contributed by atoms with Gasteiger partial charge in [-0.25, -0.2) is 9.99 Å². The molecule has 0 aliphatic carbocycles. The number of β-amino-alcohol motifs (C(OH)–C–C–N with tert-alkyl or cyclic N) is 1. The number of hydrogen-bond acceptors (Lipinski definition) is 7. The molecule has 0 saturated carbocycles. The molecule has 6 nitrogen and oxygen atoms in total. The van der Waals surface area contributed by atoms with Crippen LogP contribution in [0.15, 0.2) is 42.5 Å². The predicted octanol–water partition coefficient (Wildman–Crippen LogP) is 3.65. The number of hydrazine groups is 1. The first-order valence-corrected chi connectivity index (χ1v) is 11.8. The highest BCUT2D eigenvalue weighted by atomic mass is 32.1. The number of nitrogens with zero attached hydrogens (tertiary/aromatic N) is 4. The predicted molar refractivity (Wildman–Crippen MR) is 131 cm³/mol. The Balaban J connectivity index is 1.26. The maximum absolute atomic E-state index is 10.5. The first-order chi connectivity index (χ1) is 15.0. The largest absolute Gasteiger partial charge is 0.491 e. The maximum Gasteiger partial charge on any atom is 0.121 e. The number of aromatic nitrogens is 1. The summed E-state index contributed by atoms with van der Waals surface area (Å²) in [5, 5.41) is 15.9. The Morgan fingerprint density at radius 2 is 1.97 bits per heavy atom. The van der Waals surface area contributed by atoms with Crippen LogP contribution >= 0.6 is 23.6 Å². The van der Waals surface area contributed by atoms with E-state index >= 15 is 0 Å². The van der Waals surface area contributed by atoms with Crippen LogP contribution in [0.25, 0.3) is 10.2 Å². The molecule has 2 heterocycles. The zero-order valence-corrected chi connectivity index (χ0v) is 19.5. The van der Waals surface area contributed by atoms with Crippen LogP contribution in [-0.4, -0.2) is 70.9 Å². The Hall–Kier alpha value is -2.10. The molecule has 0 bridgehead atoms. The number of rotatable bonds is 8. The molecule has 31 heavy (non-hydrogen) atoms.